The van der Waals surface area contributed by atoms with Crippen LogP contribution in [0.1, 0.15) is 38.3 Å². The quantitative estimate of drug-likeness (QED) is 0.0523. The topological polar surface area (TPSA) is 114 Å². The Hall–Kier alpha value is -5.77. The largest absolute Gasteiger partial charge is 0.493 e. The van der Waals surface area contributed by atoms with Crippen molar-refractivity contribution in [3.63, 3.8) is 0 Å². The number of halogens is 1. The summed E-state index contributed by atoms with van der Waals surface area (Å²) in [4.78, 5) is 47.4. The number of allylic oxidation sites excluding steroid dienone is 1. The molecule has 10 heteroatoms. The van der Waals surface area contributed by atoms with Crippen molar-refractivity contribution in [2.75, 3.05) is 13.2 Å². The molecule has 0 aliphatic rings. The molecule has 3 aromatic carbocycles. The van der Waals surface area contributed by atoms with Gasteiger partial charge in [0.1, 0.15) is 28.8 Å². The van der Waals surface area contributed by atoms with Crippen molar-refractivity contribution in [3.05, 3.63) is 132 Å². The molecule has 0 saturated heterocycles. The van der Waals surface area contributed by atoms with Crippen LogP contribution in [0.3, 0.4) is 0 Å². The lowest BCUT2D eigenvalue weighted by molar-refractivity contribution is -0.138. The molecule has 3 aromatic rings. The fraction of sp³-hybridized carbons (Fsp3) is 0.118. The van der Waals surface area contributed by atoms with Gasteiger partial charge in [0.25, 0.3) is 0 Å². The van der Waals surface area contributed by atoms with Crippen LogP contribution in [0.2, 0.25) is 0 Å². The number of aryl methyl sites for hydroxylation is 1. The van der Waals surface area contributed by atoms with Gasteiger partial charge in [-0.15, -0.1) is 0 Å². The molecule has 0 fully saturated rings. The maximum atomic E-state index is 14.5. The van der Waals surface area contributed by atoms with Crippen LogP contribution in [0.5, 0.6) is 17.2 Å². The third-order valence-electron chi connectivity index (χ3n) is 5.74. The molecule has 0 N–H and O–H groups in total. The molecule has 0 spiro atoms. The smallest absolute Gasteiger partial charge is 0.346 e. The van der Waals surface area contributed by atoms with E-state index in [-0.39, 0.29) is 35.0 Å². The van der Waals surface area contributed by atoms with Crippen LogP contribution in [-0.2, 0) is 19.1 Å². The Labute approximate surface area is 253 Å². The van der Waals surface area contributed by atoms with Crippen LogP contribution in [0.25, 0.3) is 6.08 Å². The van der Waals surface area contributed by atoms with E-state index in [9.17, 15) is 23.6 Å². The Morgan fingerprint density at radius 1 is 0.795 bits per heavy atom. The molecule has 0 aliphatic heterocycles. The molecule has 0 heterocycles. The van der Waals surface area contributed by atoms with E-state index in [1.807, 2.05) is 6.92 Å². The summed E-state index contributed by atoms with van der Waals surface area (Å²) in [6.07, 6.45) is 5.60. The summed E-state index contributed by atoms with van der Waals surface area (Å²) in [5.41, 5.74) is 1.36. The van der Waals surface area contributed by atoms with Crippen LogP contribution in [0.4, 0.5) is 4.39 Å². The highest BCUT2D eigenvalue weighted by atomic mass is 19.1. The van der Waals surface area contributed by atoms with Gasteiger partial charge in [-0.1, -0.05) is 31.9 Å². The first-order valence-corrected chi connectivity index (χ1v) is 13.2. The summed E-state index contributed by atoms with van der Waals surface area (Å²) in [6, 6.07) is 14.4. The summed E-state index contributed by atoms with van der Waals surface area (Å²) in [7, 11) is 0. The molecule has 0 amide bonds. The van der Waals surface area contributed by atoms with Crippen LogP contribution < -0.4 is 14.2 Å². The lowest BCUT2D eigenvalue weighted by Gasteiger charge is -2.09. The molecule has 0 aliphatic carbocycles. The van der Waals surface area contributed by atoms with Crippen molar-refractivity contribution in [2.45, 2.75) is 13.3 Å². The monoisotopic (exact) mass is 600 g/mol. The van der Waals surface area contributed by atoms with Gasteiger partial charge in [0, 0.05) is 24.6 Å². The SMILES string of the molecule is C=CC(=O)OCCCOc1ccc(C(=O)OC(=C)/C=C\c2cc(OC(=O)c3ccc(OC(=O)C=C)cc3F)ccc2C)cc1. The van der Waals surface area contributed by atoms with Crippen molar-refractivity contribution < 1.29 is 47.3 Å². The van der Waals surface area contributed by atoms with E-state index in [4.69, 9.17) is 23.7 Å². The van der Waals surface area contributed by atoms with Crippen LogP contribution in [0, 0.1) is 12.7 Å². The van der Waals surface area contributed by atoms with Gasteiger partial charge in [0.2, 0.25) is 0 Å². The molecule has 0 atom stereocenters. The maximum Gasteiger partial charge on any atom is 0.346 e. The minimum Gasteiger partial charge on any atom is -0.493 e. The highest BCUT2D eigenvalue weighted by molar-refractivity contribution is 5.92. The third-order valence-corrected chi connectivity index (χ3v) is 5.74. The minimum atomic E-state index is -0.952. The zero-order valence-electron chi connectivity index (χ0n) is 23.9. The van der Waals surface area contributed by atoms with E-state index in [0.717, 1.165) is 29.8 Å². The molecule has 0 saturated carbocycles. The first-order valence-electron chi connectivity index (χ1n) is 13.2. The molecule has 0 radical (unpaired) electrons. The average Bonchev–Trinajstić information content (AvgIpc) is 3.01. The fourth-order valence-electron chi connectivity index (χ4n) is 3.47. The lowest BCUT2D eigenvalue weighted by Crippen LogP contribution is -2.11. The van der Waals surface area contributed by atoms with Crippen molar-refractivity contribution >= 4 is 30.0 Å². The second-order valence-electron chi connectivity index (χ2n) is 8.96. The Morgan fingerprint density at radius 2 is 1.45 bits per heavy atom. The van der Waals surface area contributed by atoms with Gasteiger partial charge in [0.05, 0.1) is 24.3 Å². The predicted octanol–water partition coefficient (Wildman–Crippen LogP) is 6.33. The minimum absolute atomic E-state index is 0.0607. The van der Waals surface area contributed by atoms with Crippen molar-refractivity contribution in [1.29, 1.82) is 0 Å². The lowest BCUT2D eigenvalue weighted by atomic mass is 10.1. The molecule has 3 rings (SSSR count). The average molecular weight is 601 g/mol. The van der Waals surface area contributed by atoms with Gasteiger partial charge >= 0.3 is 23.9 Å². The van der Waals surface area contributed by atoms with Crippen molar-refractivity contribution in [3.8, 4) is 17.2 Å². The first-order chi connectivity index (χ1) is 21.1. The number of benzene rings is 3. The van der Waals surface area contributed by atoms with E-state index in [1.54, 1.807) is 48.5 Å². The number of hydrogen-bond donors (Lipinski definition) is 0. The highest BCUT2D eigenvalue weighted by Crippen LogP contribution is 2.23. The predicted molar refractivity (Wildman–Crippen MR) is 160 cm³/mol. The van der Waals surface area contributed by atoms with Crippen molar-refractivity contribution in [2.24, 2.45) is 0 Å². The normalized spacial score (nSPS) is 10.4. The van der Waals surface area contributed by atoms with Gasteiger partial charge in [-0.3, -0.25) is 0 Å². The molecule has 44 heavy (non-hydrogen) atoms. The van der Waals surface area contributed by atoms with Crippen LogP contribution >= 0.6 is 0 Å². The number of esters is 4. The van der Waals surface area contributed by atoms with Crippen molar-refractivity contribution in [1.82, 2.24) is 0 Å². The van der Waals surface area contributed by atoms with Crippen LogP contribution in [0.15, 0.2) is 104 Å². The van der Waals surface area contributed by atoms with Crippen LogP contribution in [-0.4, -0.2) is 37.1 Å². The van der Waals surface area contributed by atoms with Gasteiger partial charge in [0.15, 0.2) is 0 Å². The Bertz CT molecular complexity index is 1600. The third kappa shape index (κ3) is 9.95. The molecular weight excluding hydrogens is 571 g/mol. The summed E-state index contributed by atoms with van der Waals surface area (Å²) < 4.78 is 40.4. The first kappa shape index (κ1) is 32.7. The van der Waals surface area contributed by atoms with Gasteiger partial charge in [-0.2, -0.15) is 0 Å². The van der Waals surface area contributed by atoms with E-state index in [1.165, 1.54) is 12.1 Å². The van der Waals surface area contributed by atoms with E-state index in [0.29, 0.717) is 24.3 Å². The van der Waals surface area contributed by atoms with E-state index in [2.05, 4.69) is 19.7 Å². The van der Waals surface area contributed by atoms with Gasteiger partial charge in [-0.25, -0.2) is 23.6 Å². The molecule has 226 valence electrons. The highest BCUT2D eigenvalue weighted by Gasteiger charge is 2.16. The zero-order valence-corrected chi connectivity index (χ0v) is 23.9. The Balaban J connectivity index is 1.54. The fourth-order valence-corrected chi connectivity index (χ4v) is 3.47. The Kier molecular flexibility index (Phi) is 11.9. The molecule has 0 aromatic heterocycles. The summed E-state index contributed by atoms with van der Waals surface area (Å²) >= 11 is 0. The maximum absolute atomic E-state index is 14.5. The molecule has 9 nitrogen and oxygen atoms in total. The second kappa shape index (κ2) is 16.0. The number of rotatable bonds is 14. The zero-order chi connectivity index (χ0) is 32.1. The molecule has 0 bridgehead atoms. The van der Waals surface area contributed by atoms with Gasteiger partial charge in [-0.05, 0) is 72.7 Å². The van der Waals surface area contributed by atoms with E-state index < -0.39 is 29.7 Å². The molecular formula is C34H29FO9. The molecule has 0 unspecified atom stereocenters. The Morgan fingerprint density at radius 3 is 2.14 bits per heavy atom. The summed E-state index contributed by atoms with van der Waals surface area (Å²) in [5, 5.41) is 0. The number of ether oxygens (including phenoxy) is 5. The number of carbonyl (C=O) groups is 4. The standard InChI is InChI=1S/C34H29FO9/c1-5-31(36)41-19-7-18-40-26-14-11-24(12-15-26)33(38)42-23(4)9-10-25-20-27(13-8-22(25)3)44-34(39)29-17-16-28(21-30(29)35)43-32(37)6-2/h5-6,8-17,20-21H,1-2,4,7,18-19H2,3H3/b10-9-. The van der Waals surface area contributed by atoms with E-state index >= 15 is 0 Å². The number of carbonyl (C=O) groups excluding carboxylic acids is 4. The van der Waals surface area contributed by atoms with Gasteiger partial charge < -0.3 is 23.7 Å². The number of hydrogen-bond acceptors (Lipinski definition) is 9. The summed E-state index contributed by atoms with van der Waals surface area (Å²) in [6.45, 7) is 12.7. The second-order valence-corrected chi connectivity index (χ2v) is 8.96. The summed E-state index contributed by atoms with van der Waals surface area (Å²) in [5.74, 6) is -3.13.